The summed E-state index contributed by atoms with van der Waals surface area (Å²) in [6.45, 7) is 7.36. The number of benzene rings is 1. The van der Waals surface area contributed by atoms with Crippen molar-refractivity contribution in [2.24, 2.45) is 11.1 Å². The summed E-state index contributed by atoms with van der Waals surface area (Å²) in [6, 6.07) is 4.61. The van der Waals surface area contributed by atoms with Gasteiger partial charge in [-0.2, -0.15) is 0 Å². The summed E-state index contributed by atoms with van der Waals surface area (Å²) in [7, 11) is 0. The second kappa shape index (κ2) is 5.10. The molecule has 0 spiro atoms. The van der Waals surface area contributed by atoms with Crippen molar-refractivity contribution >= 4 is 21.7 Å². The van der Waals surface area contributed by atoms with Crippen molar-refractivity contribution in [3.05, 3.63) is 34.1 Å². The number of hydrogen-bond acceptors (Lipinski definition) is 2. The highest BCUT2D eigenvalue weighted by atomic mass is 79.9. The van der Waals surface area contributed by atoms with Gasteiger partial charge in [0.15, 0.2) is 0 Å². The Morgan fingerprint density at radius 1 is 1.33 bits per heavy atom. The molecular weight excluding hydrogens is 297 g/mol. The van der Waals surface area contributed by atoms with Gasteiger partial charge in [0.2, 0.25) is 0 Å². The summed E-state index contributed by atoms with van der Waals surface area (Å²) in [5.41, 5.74) is 5.59. The number of Topliss-reactive ketones (excluding diaryl/α,β-unsaturated/α-hetero) is 1. The molecule has 1 aromatic carbocycles. The van der Waals surface area contributed by atoms with Crippen LogP contribution >= 0.6 is 15.9 Å². The van der Waals surface area contributed by atoms with Gasteiger partial charge in [0.25, 0.3) is 0 Å². The largest absolute Gasteiger partial charge is 0.325 e. The van der Waals surface area contributed by atoms with Gasteiger partial charge in [-0.3, -0.25) is 4.79 Å². The molecule has 0 heterocycles. The van der Waals surface area contributed by atoms with Gasteiger partial charge in [-0.05, 0) is 47.5 Å². The van der Waals surface area contributed by atoms with Crippen LogP contribution < -0.4 is 5.73 Å². The molecule has 0 fully saturated rings. The van der Waals surface area contributed by atoms with Crippen molar-refractivity contribution in [3.8, 4) is 0 Å². The van der Waals surface area contributed by atoms with E-state index in [-0.39, 0.29) is 18.0 Å². The van der Waals surface area contributed by atoms with E-state index in [2.05, 4.69) is 15.9 Å². The minimum atomic E-state index is -0.631. The third-order valence-corrected chi connectivity index (χ3v) is 4.26. The van der Waals surface area contributed by atoms with Gasteiger partial charge in [-0.15, -0.1) is 0 Å². The molecule has 0 saturated carbocycles. The lowest BCUT2D eigenvalue weighted by Gasteiger charge is -2.37. The van der Waals surface area contributed by atoms with E-state index in [1.54, 1.807) is 12.1 Å². The van der Waals surface area contributed by atoms with Gasteiger partial charge >= 0.3 is 0 Å². The van der Waals surface area contributed by atoms with Crippen LogP contribution in [-0.2, 0) is 11.2 Å². The number of nitrogens with two attached hydrogens (primary N) is 1. The molecule has 0 bridgehead atoms. The number of halogens is 2. The van der Waals surface area contributed by atoms with Gasteiger partial charge < -0.3 is 5.73 Å². The van der Waals surface area contributed by atoms with Crippen molar-refractivity contribution in [1.82, 2.24) is 0 Å². The van der Waals surface area contributed by atoms with Crippen LogP contribution in [0.2, 0.25) is 0 Å². The zero-order valence-electron chi connectivity index (χ0n) is 11.2. The van der Waals surface area contributed by atoms with Crippen LogP contribution in [0.3, 0.4) is 0 Å². The summed E-state index contributed by atoms with van der Waals surface area (Å²) in [5.74, 6) is -0.280. The molecule has 0 aliphatic rings. The number of ketones is 1. The Morgan fingerprint density at radius 3 is 2.33 bits per heavy atom. The molecule has 0 atom stereocenters. The average Bonchev–Trinajstić information content (AvgIpc) is 2.21. The van der Waals surface area contributed by atoms with Gasteiger partial charge in [-0.1, -0.05) is 19.9 Å². The number of hydrogen-bond donors (Lipinski definition) is 1. The monoisotopic (exact) mass is 315 g/mol. The smallest absolute Gasteiger partial charge is 0.144 e. The Labute approximate surface area is 116 Å². The molecule has 0 amide bonds. The van der Waals surface area contributed by atoms with E-state index in [4.69, 9.17) is 5.73 Å². The predicted molar refractivity (Wildman–Crippen MR) is 74.9 cm³/mol. The van der Waals surface area contributed by atoms with Crippen LogP contribution in [0.5, 0.6) is 0 Å². The van der Waals surface area contributed by atoms with Crippen LogP contribution in [0.25, 0.3) is 0 Å². The summed E-state index contributed by atoms with van der Waals surface area (Å²) >= 11 is 3.11. The zero-order valence-corrected chi connectivity index (χ0v) is 12.8. The maximum atomic E-state index is 13.1. The van der Waals surface area contributed by atoms with Crippen LogP contribution in [0.15, 0.2) is 22.7 Å². The molecule has 0 radical (unpaired) electrons. The lowest BCUT2D eigenvalue weighted by atomic mass is 9.71. The Balaban J connectivity index is 2.91. The molecule has 0 aliphatic heterocycles. The summed E-state index contributed by atoms with van der Waals surface area (Å²) < 4.78 is 13.5. The highest BCUT2D eigenvalue weighted by Crippen LogP contribution is 2.31. The highest BCUT2D eigenvalue weighted by molar-refractivity contribution is 9.10. The summed E-state index contributed by atoms with van der Waals surface area (Å²) in [4.78, 5) is 12.3. The molecule has 2 N–H and O–H groups in total. The fraction of sp³-hybridized carbons (Fsp3) is 0.500. The Morgan fingerprint density at radius 2 is 1.89 bits per heavy atom. The maximum absolute atomic E-state index is 13.1. The molecule has 0 aromatic heterocycles. The van der Waals surface area contributed by atoms with Crippen molar-refractivity contribution in [3.63, 3.8) is 0 Å². The van der Waals surface area contributed by atoms with Crippen LogP contribution in [0.1, 0.15) is 33.3 Å². The molecule has 1 aromatic rings. The average molecular weight is 316 g/mol. The van der Waals surface area contributed by atoms with Gasteiger partial charge in [0.05, 0.1) is 4.47 Å². The fourth-order valence-electron chi connectivity index (χ4n) is 1.42. The van der Waals surface area contributed by atoms with Crippen molar-refractivity contribution in [1.29, 1.82) is 0 Å². The topological polar surface area (TPSA) is 43.1 Å². The lowest BCUT2D eigenvalue weighted by Crippen LogP contribution is -2.52. The number of carbonyl (C=O) groups excluding carboxylic acids is 1. The van der Waals surface area contributed by atoms with E-state index >= 15 is 0 Å². The molecule has 0 unspecified atom stereocenters. The summed E-state index contributed by atoms with van der Waals surface area (Å²) in [6.07, 6.45) is 0.256. The molecule has 1 rings (SSSR count). The number of rotatable bonds is 4. The Kier molecular flexibility index (Phi) is 4.34. The van der Waals surface area contributed by atoms with E-state index in [9.17, 15) is 9.18 Å². The van der Waals surface area contributed by atoms with Crippen LogP contribution in [-0.4, -0.2) is 11.3 Å². The van der Waals surface area contributed by atoms with Crippen LogP contribution in [0, 0.1) is 11.2 Å². The molecule has 0 saturated heterocycles. The molecule has 18 heavy (non-hydrogen) atoms. The standard InChI is InChI=1S/C14H19BrFNO/c1-13(2,14(3,4)17)12(18)8-9-5-6-11(16)10(15)7-9/h5-7H,8,17H2,1-4H3. The van der Waals surface area contributed by atoms with Crippen molar-refractivity contribution < 1.29 is 9.18 Å². The first-order chi connectivity index (χ1) is 8.05. The first-order valence-corrected chi connectivity index (χ1v) is 6.61. The van der Waals surface area contributed by atoms with Gasteiger partial charge in [-0.25, -0.2) is 4.39 Å². The molecule has 4 heteroatoms. The fourth-order valence-corrected chi connectivity index (χ4v) is 1.84. The Hall–Kier alpha value is -0.740. The Bertz CT molecular complexity index is 463. The van der Waals surface area contributed by atoms with Crippen molar-refractivity contribution in [2.75, 3.05) is 0 Å². The van der Waals surface area contributed by atoms with Crippen molar-refractivity contribution in [2.45, 2.75) is 39.7 Å². The van der Waals surface area contributed by atoms with E-state index in [1.807, 2.05) is 27.7 Å². The predicted octanol–water partition coefficient (Wildman–Crippen LogP) is 3.46. The highest BCUT2D eigenvalue weighted by Gasteiger charge is 2.39. The third kappa shape index (κ3) is 3.18. The number of carbonyl (C=O) groups is 1. The molecule has 100 valence electrons. The second-order valence-electron chi connectivity index (χ2n) is 5.70. The minimum absolute atomic E-state index is 0.0495. The zero-order chi connectivity index (χ0) is 14.1. The van der Waals surface area contributed by atoms with Crippen LogP contribution in [0.4, 0.5) is 4.39 Å². The summed E-state index contributed by atoms with van der Waals surface area (Å²) in [5, 5.41) is 0. The van der Waals surface area contributed by atoms with E-state index in [0.717, 1.165) is 5.56 Å². The first kappa shape index (κ1) is 15.3. The SMILES string of the molecule is CC(C)(N)C(C)(C)C(=O)Cc1ccc(F)c(Br)c1. The quantitative estimate of drug-likeness (QED) is 0.924. The van der Waals surface area contributed by atoms with E-state index in [0.29, 0.717) is 4.47 Å². The first-order valence-electron chi connectivity index (χ1n) is 5.82. The normalized spacial score (nSPS) is 12.6. The lowest BCUT2D eigenvalue weighted by molar-refractivity contribution is -0.129. The molecule has 2 nitrogen and oxygen atoms in total. The maximum Gasteiger partial charge on any atom is 0.144 e. The minimum Gasteiger partial charge on any atom is -0.325 e. The molecule has 0 aliphatic carbocycles. The third-order valence-electron chi connectivity index (χ3n) is 3.66. The van der Waals surface area contributed by atoms with E-state index < -0.39 is 11.0 Å². The van der Waals surface area contributed by atoms with E-state index in [1.165, 1.54) is 6.07 Å². The molecular formula is C14H19BrFNO. The van der Waals surface area contributed by atoms with Gasteiger partial charge in [0.1, 0.15) is 11.6 Å². The second-order valence-corrected chi connectivity index (χ2v) is 6.55. The van der Waals surface area contributed by atoms with Gasteiger partial charge in [0, 0.05) is 17.4 Å².